The van der Waals surface area contributed by atoms with Gasteiger partial charge in [0.15, 0.2) is 5.78 Å². The second kappa shape index (κ2) is 12.4. The van der Waals surface area contributed by atoms with Crippen LogP contribution in [-0.2, 0) is 11.2 Å². The predicted molar refractivity (Wildman–Crippen MR) is 144 cm³/mol. The lowest BCUT2D eigenvalue weighted by Gasteiger charge is -2.20. The Morgan fingerprint density at radius 3 is 2.46 bits per heavy atom. The van der Waals surface area contributed by atoms with Gasteiger partial charge in [-0.3, -0.25) is 14.4 Å². The molecule has 4 aromatic rings. The van der Waals surface area contributed by atoms with Crippen molar-refractivity contribution in [2.45, 2.75) is 32.2 Å². The van der Waals surface area contributed by atoms with Gasteiger partial charge < -0.3 is 19.0 Å². The highest BCUT2D eigenvalue weighted by Gasteiger charge is 2.25. The smallest absolute Gasteiger partial charge is 0.314 e. The van der Waals surface area contributed by atoms with Gasteiger partial charge in [0.05, 0.1) is 24.9 Å². The van der Waals surface area contributed by atoms with Crippen LogP contribution in [0.3, 0.4) is 0 Å². The van der Waals surface area contributed by atoms with Crippen LogP contribution in [0.1, 0.15) is 47.6 Å². The first-order valence-electron chi connectivity index (χ1n) is 12.3. The van der Waals surface area contributed by atoms with Crippen molar-refractivity contribution in [2.24, 2.45) is 0 Å². The van der Waals surface area contributed by atoms with Crippen LogP contribution in [0.4, 0.5) is 13.2 Å². The number of halogens is 4. The van der Waals surface area contributed by atoms with E-state index in [1.165, 1.54) is 61.3 Å². The number of carbonyl (C=O) groups is 2. The molecule has 1 amide bonds. The molecule has 1 atom stereocenters. The molecule has 0 aliphatic heterocycles. The maximum atomic E-state index is 14.4. The van der Waals surface area contributed by atoms with Crippen LogP contribution >= 0.6 is 11.6 Å². The first-order valence-corrected chi connectivity index (χ1v) is 12.7. The van der Waals surface area contributed by atoms with Gasteiger partial charge in [0.1, 0.15) is 11.6 Å². The number of hydrogen-bond acceptors (Lipinski definition) is 7. The van der Waals surface area contributed by atoms with Crippen molar-refractivity contribution >= 4 is 23.3 Å². The van der Waals surface area contributed by atoms with Gasteiger partial charge in [-0.15, -0.1) is 10.2 Å². The molecule has 2 aromatic carbocycles. The van der Waals surface area contributed by atoms with Crippen LogP contribution in [0.25, 0.3) is 22.6 Å². The van der Waals surface area contributed by atoms with Gasteiger partial charge in [0.25, 0.3) is 17.4 Å². The standard InChI is InChI=1S/C28H24ClF3N4O5/c1-4-21(22(37)10-14-5-7-17(20(30)9-14)26(39)33-2)36-13-23(40-3)19(12-24(36)38)18-11-15(29)6-8-16(18)27-34-35-28(41-27)25(31)32/h5-9,11-13,21,25H,4,10H2,1-3H3,(H,33,39). The summed E-state index contributed by atoms with van der Waals surface area (Å²) < 4.78 is 52.4. The molecule has 0 aliphatic carbocycles. The van der Waals surface area contributed by atoms with E-state index in [0.29, 0.717) is 11.1 Å². The van der Waals surface area contributed by atoms with Gasteiger partial charge in [-0.25, -0.2) is 4.39 Å². The molecule has 0 saturated carbocycles. The number of methoxy groups -OCH3 is 1. The van der Waals surface area contributed by atoms with Gasteiger partial charge in [0.2, 0.25) is 5.89 Å². The highest BCUT2D eigenvalue weighted by atomic mass is 35.5. The molecule has 41 heavy (non-hydrogen) atoms. The number of alkyl halides is 2. The number of nitrogens with one attached hydrogen (secondary N) is 1. The Morgan fingerprint density at radius 2 is 1.85 bits per heavy atom. The van der Waals surface area contributed by atoms with Crippen LogP contribution in [0, 0.1) is 5.82 Å². The summed E-state index contributed by atoms with van der Waals surface area (Å²) in [7, 11) is 2.74. The van der Waals surface area contributed by atoms with Crippen molar-refractivity contribution in [3.05, 3.63) is 86.9 Å². The van der Waals surface area contributed by atoms with Crippen molar-refractivity contribution in [2.75, 3.05) is 14.2 Å². The minimum atomic E-state index is -2.97. The third kappa shape index (κ3) is 6.17. The number of aromatic nitrogens is 3. The fraction of sp³-hybridized carbons (Fsp3) is 0.250. The summed E-state index contributed by atoms with van der Waals surface area (Å²) in [5.41, 5.74) is 0.396. The minimum Gasteiger partial charge on any atom is -0.495 e. The number of Topliss-reactive ketones (excluding diaryl/α,β-unsaturated/α-hetero) is 1. The van der Waals surface area contributed by atoms with Crippen LogP contribution in [0.15, 0.2) is 57.9 Å². The summed E-state index contributed by atoms with van der Waals surface area (Å²) in [4.78, 5) is 38.4. The summed E-state index contributed by atoms with van der Waals surface area (Å²) in [6, 6.07) is 8.65. The SMILES string of the molecule is CCC(C(=O)Cc1ccc(C(=O)NC)c(F)c1)n1cc(OC)c(-c2cc(Cl)ccc2-c2nnc(C(F)F)o2)cc1=O. The van der Waals surface area contributed by atoms with Crippen molar-refractivity contribution in [3.63, 3.8) is 0 Å². The Kier molecular flexibility index (Phi) is 8.92. The van der Waals surface area contributed by atoms with E-state index in [2.05, 4.69) is 15.5 Å². The number of pyridine rings is 1. The zero-order valence-electron chi connectivity index (χ0n) is 22.1. The molecule has 0 saturated heterocycles. The summed E-state index contributed by atoms with van der Waals surface area (Å²) >= 11 is 6.21. The average Bonchev–Trinajstić information content (AvgIpc) is 3.44. The predicted octanol–water partition coefficient (Wildman–Crippen LogP) is 5.43. The van der Waals surface area contributed by atoms with Gasteiger partial charge >= 0.3 is 6.43 Å². The van der Waals surface area contributed by atoms with E-state index in [-0.39, 0.29) is 52.0 Å². The first-order chi connectivity index (χ1) is 19.6. The maximum absolute atomic E-state index is 14.4. The number of rotatable bonds is 10. The zero-order chi connectivity index (χ0) is 29.8. The number of ketones is 1. The topological polar surface area (TPSA) is 116 Å². The Hall–Kier alpha value is -4.45. The van der Waals surface area contributed by atoms with E-state index in [1.54, 1.807) is 6.92 Å². The largest absolute Gasteiger partial charge is 0.495 e. The second-order valence-electron chi connectivity index (χ2n) is 8.90. The number of ether oxygens (including phenoxy) is 1. The Balaban J connectivity index is 1.72. The van der Waals surface area contributed by atoms with Crippen molar-refractivity contribution in [1.29, 1.82) is 0 Å². The normalized spacial score (nSPS) is 11.9. The van der Waals surface area contributed by atoms with Gasteiger partial charge in [-0.2, -0.15) is 8.78 Å². The first kappa shape index (κ1) is 29.5. The molecule has 2 heterocycles. The molecule has 0 radical (unpaired) electrons. The molecule has 4 rings (SSSR count). The number of amides is 1. The van der Waals surface area contributed by atoms with E-state index >= 15 is 0 Å². The van der Waals surface area contributed by atoms with E-state index in [0.717, 1.165) is 6.07 Å². The summed E-state index contributed by atoms with van der Waals surface area (Å²) in [5, 5.41) is 9.67. The Morgan fingerprint density at radius 1 is 1.10 bits per heavy atom. The number of benzene rings is 2. The van der Waals surface area contributed by atoms with Gasteiger partial charge in [-0.1, -0.05) is 24.6 Å². The fourth-order valence-corrected chi connectivity index (χ4v) is 4.56. The van der Waals surface area contributed by atoms with E-state index in [4.69, 9.17) is 20.8 Å². The van der Waals surface area contributed by atoms with Gasteiger partial charge in [0, 0.05) is 35.7 Å². The lowest BCUT2D eigenvalue weighted by molar-refractivity contribution is -0.121. The van der Waals surface area contributed by atoms with E-state index in [9.17, 15) is 27.6 Å². The molecule has 1 N–H and O–H groups in total. The summed E-state index contributed by atoms with van der Waals surface area (Å²) in [6.07, 6.45) is -1.57. The molecular formula is C28H24ClF3N4O5. The quantitative estimate of drug-likeness (QED) is 0.263. The van der Waals surface area contributed by atoms with E-state index < -0.39 is 35.6 Å². The molecule has 0 fully saturated rings. The number of nitrogens with zero attached hydrogens (tertiary/aromatic N) is 3. The molecule has 2 aromatic heterocycles. The second-order valence-corrected chi connectivity index (χ2v) is 9.33. The van der Waals surface area contributed by atoms with Crippen molar-refractivity contribution in [3.8, 4) is 28.3 Å². The molecule has 1 unspecified atom stereocenters. The maximum Gasteiger partial charge on any atom is 0.314 e. The lowest BCUT2D eigenvalue weighted by Crippen LogP contribution is -2.30. The molecule has 214 valence electrons. The Bertz CT molecular complexity index is 1670. The van der Waals surface area contributed by atoms with Crippen LogP contribution in [0.5, 0.6) is 5.75 Å². The zero-order valence-corrected chi connectivity index (χ0v) is 22.8. The molecular weight excluding hydrogens is 565 g/mol. The number of carbonyl (C=O) groups excluding carboxylic acids is 2. The third-order valence-electron chi connectivity index (χ3n) is 6.37. The Labute approximate surface area is 236 Å². The van der Waals surface area contributed by atoms with E-state index in [1.807, 2.05) is 0 Å². The van der Waals surface area contributed by atoms with Gasteiger partial charge in [-0.05, 0) is 47.9 Å². The monoisotopic (exact) mass is 588 g/mol. The minimum absolute atomic E-state index is 0.154. The van der Waals surface area contributed by atoms with Crippen LogP contribution < -0.4 is 15.6 Å². The van der Waals surface area contributed by atoms with Crippen LogP contribution in [-0.4, -0.2) is 40.6 Å². The molecule has 9 nitrogen and oxygen atoms in total. The van der Waals surface area contributed by atoms with Crippen molar-refractivity contribution in [1.82, 2.24) is 20.1 Å². The highest BCUT2D eigenvalue weighted by Crippen LogP contribution is 2.38. The average molecular weight is 589 g/mol. The molecule has 13 heteroatoms. The summed E-state index contributed by atoms with van der Waals surface area (Å²) in [6.45, 7) is 1.72. The highest BCUT2D eigenvalue weighted by molar-refractivity contribution is 6.31. The molecule has 0 bridgehead atoms. The van der Waals surface area contributed by atoms with Crippen molar-refractivity contribution < 1.29 is 31.9 Å². The molecule has 0 spiro atoms. The molecule has 0 aliphatic rings. The van der Waals surface area contributed by atoms with Crippen LogP contribution in [0.2, 0.25) is 5.02 Å². The lowest BCUT2D eigenvalue weighted by atomic mass is 9.98. The third-order valence-corrected chi connectivity index (χ3v) is 6.61. The summed E-state index contributed by atoms with van der Waals surface area (Å²) in [5.74, 6) is -2.64. The number of hydrogen-bond donors (Lipinski definition) is 1. The fourth-order valence-electron chi connectivity index (χ4n) is 4.39.